The topological polar surface area (TPSA) is 93.4 Å². The second kappa shape index (κ2) is 10.1. The molecule has 1 atom stereocenters. The number of aryl methyl sites for hydroxylation is 1. The average molecular weight is 491 g/mol. The van der Waals surface area contributed by atoms with Gasteiger partial charge >= 0.3 is 0 Å². The van der Waals surface area contributed by atoms with Crippen LogP contribution in [0.1, 0.15) is 23.9 Å². The number of carbonyl (C=O) groups excluding carboxylic acids is 1. The lowest BCUT2D eigenvalue weighted by Gasteiger charge is -2.12. The molecule has 8 nitrogen and oxygen atoms in total. The SMILES string of the molecule is CNC(C)C(=O)Nc1ccc(-c2c(C)nc3ccccn23)c(C#Cc2ccc3nc(OC)ccc3c2)n1. The third-order valence-corrected chi connectivity index (χ3v) is 6.13. The Morgan fingerprint density at radius 3 is 2.70 bits per heavy atom. The molecular weight excluding hydrogens is 464 g/mol. The van der Waals surface area contributed by atoms with Crippen molar-refractivity contribution in [2.24, 2.45) is 0 Å². The van der Waals surface area contributed by atoms with Crippen LogP contribution in [0.25, 0.3) is 27.8 Å². The molecule has 0 aliphatic heterocycles. The van der Waals surface area contributed by atoms with E-state index in [1.165, 1.54) is 0 Å². The number of nitrogens with one attached hydrogen (secondary N) is 2. The van der Waals surface area contributed by atoms with Crippen LogP contribution in [-0.4, -0.2) is 45.5 Å². The van der Waals surface area contributed by atoms with Crippen molar-refractivity contribution >= 4 is 28.3 Å². The van der Waals surface area contributed by atoms with Crippen LogP contribution < -0.4 is 15.4 Å². The van der Waals surface area contributed by atoms with E-state index in [2.05, 4.69) is 27.5 Å². The maximum Gasteiger partial charge on any atom is 0.242 e. The molecule has 0 saturated carbocycles. The highest BCUT2D eigenvalue weighted by Gasteiger charge is 2.17. The number of methoxy groups -OCH3 is 1. The molecule has 0 spiro atoms. The Bertz CT molecular complexity index is 1700. The maximum absolute atomic E-state index is 12.5. The highest BCUT2D eigenvalue weighted by Crippen LogP contribution is 2.28. The van der Waals surface area contributed by atoms with Gasteiger partial charge in [0.05, 0.1) is 30.1 Å². The number of pyridine rings is 3. The van der Waals surface area contributed by atoms with Gasteiger partial charge in [0.2, 0.25) is 11.8 Å². The molecule has 0 saturated heterocycles. The molecule has 8 heteroatoms. The van der Waals surface area contributed by atoms with Gasteiger partial charge in [-0.1, -0.05) is 12.0 Å². The molecule has 1 amide bonds. The molecule has 2 N–H and O–H groups in total. The van der Waals surface area contributed by atoms with Crippen LogP contribution >= 0.6 is 0 Å². The van der Waals surface area contributed by atoms with Gasteiger partial charge in [-0.05, 0) is 75.3 Å². The van der Waals surface area contributed by atoms with E-state index >= 15 is 0 Å². The molecule has 5 aromatic rings. The quantitative estimate of drug-likeness (QED) is 0.359. The van der Waals surface area contributed by atoms with Gasteiger partial charge in [-0.3, -0.25) is 9.20 Å². The van der Waals surface area contributed by atoms with Gasteiger partial charge in [0.1, 0.15) is 17.2 Å². The minimum absolute atomic E-state index is 0.176. The summed E-state index contributed by atoms with van der Waals surface area (Å²) in [6.45, 7) is 3.75. The van der Waals surface area contributed by atoms with Crippen molar-refractivity contribution < 1.29 is 9.53 Å². The number of likely N-dealkylation sites (N-methyl/N-ethyl adjacent to an activating group) is 1. The minimum Gasteiger partial charge on any atom is -0.481 e. The number of imidazole rings is 1. The summed E-state index contributed by atoms with van der Waals surface area (Å²) in [4.78, 5) is 26.4. The Hall–Kier alpha value is -4.74. The molecule has 0 aliphatic carbocycles. The largest absolute Gasteiger partial charge is 0.481 e. The predicted octanol–water partition coefficient (Wildman–Crippen LogP) is 4.21. The van der Waals surface area contributed by atoms with Crippen molar-refractivity contribution in [3.63, 3.8) is 0 Å². The van der Waals surface area contributed by atoms with Crippen molar-refractivity contribution in [2.75, 3.05) is 19.5 Å². The second-order valence-electron chi connectivity index (χ2n) is 8.58. The highest BCUT2D eigenvalue weighted by molar-refractivity contribution is 5.94. The van der Waals surface area contributed by atoms with Crippen LogP contribution in [0.15, 0.2) is 66.9 Å². The Kier molecular flexibility index (Phi) is 6.54. The van der Waals surface area contributed by atoms with Gasteiger partial charge in [-0.2, -0.15) is 0 Å². The first-order valence-electron chi connectivity index (χ1n) is 11.9. The first kappa shape index (κ1) is 24.0. The Morgan fingerprint density at radius 1 is 1.03 bits per heavy atom. The summed E-state index contributed by atoms with van der Waals surface area (Å²) in [5.41, 5.74) is 5.62. The molecule has 4 aromatic heterocycles. The molecule has 1 aromatic carbocycles. The first-order valence-corrected chi connectivity index (χ1v) is 11.9. The lowest BCUT2D eigenvalue weighted by molar-refractivity contribution is -0.117. The lowest BCUT2D eigenvalue weighted by Crippen LogP contribution is -2.35. The number of carbonyl (C=O) groups is 1. The van der Waals surface area contributed by atoms with Gasteiger partial charge in [0.25, 0.3) is 0 Å². The number of benzene rings is 1. The Morgan fingerprint density at radius 2 is 1.89 bits per heavy atom. The Labute approximate surface area is 214 Å². The third-order valence-electron chi connectivity index (χ3n) is 6.13. The smallest absolute Gasteiger partial charge is 0.242 e. The number of hydrogen-bond acceptors (Lipinski definition) is 6. The van der Waals surface area contributed by atoms with Gasteiger partial charge in [0, 0.05) is 28.8 Å². The summed E-state index contributed by atoms with van der Waals surface area (Å²) in [5, 5.41) is 6.76. The molecule has 0 bridgehead atoms. The number of amides is 1. The predicted molar refractivity (Wildman–Crippen MR) is 145 cm³/mol. The fourth-order valence-electron chi connectivity index (χ4n) is 4.05. The van der Waals surface area contributed by atoms with E-state index in [-0.39, 0.29) is 11.9 Å². The van der Waals surface area contributed by atoms with Gasteiger partial charge < -0.3 is 15.4 Å². The summed E-state index contributed by atoms with van der Waals surface area (Å²) in [5.74, 6) is 7.30. The fourth-order valence-corrected chi connectivity index (χ4v) is 4.05. The maximum atomic E-state index is 12.5. The molecule has 4 heterocycles. The van der Waals surface area contributed by atoms with E-state index in [0.29, 0.717) is 17.4 Å². The van der Waals surface area contributed by atoms with E-state index in [9.17, 15) is 4.79 Å². The number of rotatable bonds is 5. The van der Waals surface area contributed by atoms with Gasteiger partial charge in [0.15, 0.2) is 0 Å². The van der Waals surface area contributed by atoms with Crippen molar-refractivity contribution in [3.8, 4) is 29.0 Å². The van der Waals surface area contributed by atoms with Crippen molar-refractivity contribution in [1.82, 2.24) is 24.7 Å². The summed E-state index contributed by atoms with van der Waals surface area (Å²) >= 11 is 0. The molecule has 1 unspecified atom stereocenters. The summed E-state index contributed by atoms with van der Waals surface area (Å²) in [7, 11) is 3.33. The van der Waals surface area contributed by atoms with Crippen molar-refractivity contribution in [3.05, 3.63) is 83.8 Å². The van der Waals surface area contributed by atoms with Gasteiger partial charge in [-0.15, -0.1) is 0 Å². The summed E-state index contributed by atoms with van der Waals surface area (Å²) in [6.07, 6.45) is 1.97. The molecule has 0 aliphatic rings. The third kappa shape index (κ3) is 4.85. The number of ether oxygens (including phenoxy) is 1. The number of aromatic nitrogens is 4. The van der Waals surface area contributed by atoms with Crippen LogP contribution in [0.3, 0.4) is 0 Å². The van der Waals surface area contributed by atoms with E-state index in [1.54, 1.807) is 27.1 Å². The molecule has 0 fully saturated rings. The van der Waals surface area contributed by atoms with Crippen molar-refractivity contribution in [2.45, 2.75) is 19.9 Å². The molecular formula is C29H26N6O2. The molecule has 37 heavy (non-hydrogen) atoms. The molecule has 5 rings (SSSR count). The summed E-state index contributed by atoms with van der Waals surface area (Å²) < 4.78 is 7.24. The fraction of sp³-hybridized carbons (Fsp3) is 0.172. The number of nitrogens with zero attached hydrogens (tertiary/aromatic N) is 4. The zero-order chi connectivity index (χ0) is 25.9. The van der Waals surface area contributed by atoms with E-state index in [0.717, 1.165) is 39.1 Å². The molecule has 184 valence electrons. The van der Waals surface area contributed by atoms with Crippen LogP contribution in [0.5, 0.6) is 5.88 Å². The van der Waals surface area contributed by atoms with Crippen LogP contribution in [0.2, 0.25) is 0 Å². The molecule has 0 radical (unpaired) electrons. The van der Waals surface area contributed by atoms with Crippen LogP contribution in [0.4, 0.5) is 5.82 Å². The standard InChI is InChI=1S/C29H26N6O2/c1-18-28(35-16-6-5-7-26(35)31-18)22-11-14-25(34-29(36)19(2)30-3)32-24(22)13-9-20-8-12-23-21(17-20)10-15-27(33-23)37-4/h5-8,10-12,14-17,19,30H,1-4H3,(H,32,34,36). The monoisotopic (exact) mass is 490 g/mol. The highest BCUT2D eigenvalue weighted by atomic mass is 16.5. The number of anilines is 1. The average Bonchev–Trinajstić information content (AvgIpc) is 3.26. The zero-order valence-electron chi connectivity index (χ0n) is 21.0. The van der Waals surface area contributed by atoms with E-state index < -0.39 is 0 Å². The van der Waals surface area contributed by atoms with Crippen LogP contribution in [-0.2, 0) is 4.79 Å². The number of fused-ring (bicyclic) bond motifs is 2. The van der Waals surface area contributed by atoms with E-state index in [1.807, 2.05) is 72.1 Å². The van der Waals surface area contributed by atoms with E-state index in [4.69, 9.17) is 14.7 Å². The lowest BCUT2D eigenvalue weighted by atomic mass is 10.1. The normalized spacial score (nSPS) is 11.7. The second-order valence-corrected chi connectivity index (χ2v) is 8.58. The van der Waals surface area contributed by atoms with Gasteiger partial charge in [-0.25, -0.2) is 15.0 Å². The number of hydrogen-bond donors (Lipinski definition) is 2. The summed E-state index contributed by atoms with van der Waals surface area (Å²) in [6, 6.07) is 18.8. The zero-order valence-corrected chi connectivity index (χ0v) is 21.0. The Balaban J connectivity index is 1.60. The van der Waals surface area contributed by atoms with Crippen LogP contribution in [0, 0.1) is 18.8 Å². The van der Waals surface area contributed by atoms with Crippen molar-refractivity contribution in [1.29, 1.82) is 0 Å². The minimum atomic E-state index is -0.359. The first-order chi connectivity index (χ1) is 18.0.